The van der Waals surface area contributed by atoms with Gasteiger partial charge in [0.15, 0.2) is 0 Å². The molecular weight excluding hydrogens is 256 g/mol. The van der Waals surface area contributed by atoms with Gasteiger partial charge >= 0.3 is 5.97 Å². The fourth-order valence-electron chi connectivity index (χ4n) is 2.56. The summed E-state index contributed by atoms with van der Waals surface area (Å²) in [6.45, 7) is 4.63. The molecule has 108 valence electrons. The molecule has 1 N–H and O–H groups in total. The average Bonchev–Trinajstić information content (AvgIpc) is 2.77. The van der Waals surface area contributed by atoms with Crippen LogP contribution in [0.5, 0.6) is 0 Å². The van der Waals surface area contributed by atoms with Crippen LogP contribution in [0.15, 0.2) is 18.2 Å². The second kappa shape index (κ2) is 6.05. The molecule has 20 heavy (non-hydrogen) atoms. The van der Waals surface area contributed by atoms with Gasteiger partial charge in [0.05, 0.1) is 29.2 Å². The Morgan fingerprint density at radius 1 is 1.50 bits per heavy atom. The SMILES string of the molecule is CCCc1nc2cccc(C(=O)O)c2n1C(C)COC. The van der Waals surface area contributed by atoms with Crippen LogP contribution in [0.2, 0.25) is 0 Å². The number of hydrogen-bond acceptors (Lipinski definition) is 3. The van der Waals surface area contributed by atoms with Crippen LogP contribution in [-0.2, 0) is 11.2 Å². The Hall–Kier alpha value is -1.88. The van der Waals surface area contributed by atoms with Crippen molar-refractivity contribution in [3.05, 3.63) is 29.6 Å². The minimum Gasteiger partial charge on any atom is -0.478 e. The van der Waals surface area contributed by atoms with E-state index in [4.69, 9.17) is 4.74 Å². The fourth-order valence-corrected chi connectivity index (χ4v) is 2.56. The van der Waals surface area contributed by atoms with E-state index in [1.165, 1.54) is 0 Å². The molecule has 1 unspecified atom stereocenters. The Morgan fingerprint density at radius 3 is 2.85 bits per heavy atom. The number of imidazole rings is 1. The Bertz CT molecular complexity index is 619. The molecule has 0 fully saturated rings. The van der Waals surface area contributed by atoms with E-state index in [2.05, 4.69) is 11.9 Å². The number of aromatic nitrogens is 2. The lowest BCUT2D eigenvalue weighted by Gasteiger charge is -2.17. The number of para-hydroxylation sites is 1. The first kappa shape index (κ1) is 14.5. The molecule has 1 atom stereocenters. The number of aryl methyl sites for hydroxylation is 1. The van der Waals surface area contributed by atoms with Crippen molar-refractivity contribution in [3.63, 3.8) is 0 Å². The van der Waals surface area contributed by atoms with Gasteiger partial charge in [0.25, 0.3) is 0 Å². The molecule has 0 spiro atoms. The first-order chi connectivity index (χ1) is 9.60. The van der Waals surface area contributed by atoms with Gasteiger partial charge in [-0.05, 0) is 25.5 Å². The van der Waals surface area contributed by atoms with Gasteiger partial charge in [-0.1, -0.05) is 13.0 Å². The Morgan fingerprint density at radius 2 is 2.25 bits per heavy atom. The molecule has 0 aliphatic carbocycles. The fraction of sp³-hybridized carbons (Fsp3) is 0.467. The first-order valence-electron chi connectivity index (χ1n) is 6.82. The summed E-state index contributed by atoms with van der Waals surface area (Å²) in [4.78, 5) is 16.0. The second-order valence-corrected chi connectivity index (χ2v) is 4.93. The molecule has 1 heterocycles. The highest BCUT2D eigenvalue weighted by Crippen LogP contribution is 2.25. The van der Waals surface area contributed by atoms with E-state index in [0.717, 1.165) is 24.2 Å². The number of hydrogen-bond donors (Lipinski definition) is 1. The number of carboxylic acid groups (broad SMARTS) is 1. The van der Waals surface area contributed by atoms with Crippen LogP contribution >= 0.6 is 0 Å². The molecule has 0 aliphatic heterocycles. The highest BCUT2D eigenvalue weighted by molar-refractivity contribution is 6.01. The molecule has 1 aromatic carbocycles. The van der Waals surface area contributed by atoms with Crippen molar-refractivity contribution in [2.75, 3.05) is 13.7 Å². The standard InChI is InChI=1S/C15H20N2O3/c1-4-6-13-16-12-8-5-7-11(15(18)19)14(12)17(13)10(2)9-20-3/h5,7-8,10H,4,6,9H2,1-3H3,(H,18,19). The number of benzene rings is 1. The van der Waals surface area contributed by atoms with Gasteiger partial charge in [-0.2, -0.15) is 0 Å². The monoisotopic (exact) mass is 276 g/mol. The van der Waals surface area contributed by atoms with Gasteiger partial charge in [0, 0.05) is 13.5 Å². The maximum Gasteiger partial charge on any atom is 0.337 e. The highest BCUT2D eigenvalue weighted by Gasteiger charge is 2.20. The van der Waals surface area contributed by atoms with Crippen LogP contribution < -0.4 is 0 Å². The van der Waals surface area contributed by atoms with Crippen LogP contribution in [0.25, 0.3) is 11.0 Å². The van der Waals surface area contributed by atoms with Gasteiger partial charge in [-0.25, -0.2) is 9.78 Å². The smallest absolute Gasteiger partial charge is 0.337 e. The van der Waals surface area contributed by atoms with Crippen LogP contribution in [0.1, 0.15) is 42.5 Å². The zero-order valence-corrected chi connectivity index (χ0v) is 12.1. The van der Waals surface area contributed by atoms with E-state index in [9.17, 15) is 9.90 Å². The summed E-state index contributed by atoms with van der Waals surface area (Å²) in [6.07, 6.45) is 1.78. The summed E-state index contributed by atoms with van der Waals surface area (Å²) in [5, 5.41) is 9.39. The van der Waals surface area contributed by atoms with Crippen molar-refractivity contribution in [2.24, 2.45) is 0 Å². The summed E-state index contributed by atoms with van der Waals surface area (Å²) in [6, 6.07) is 5.27. The maximum absolute atomic E-state index is 11.4. The van der Waals surface area contributed by atoms with Gasteiger partial charge in [-0.15, -0.1) is 0 Å². The Balaban J connectivity index is 2.70. The molecule has 0 saturated carbocycles. The normalized spacial score (nSPS) is 12.8. The number of nitrogens with zero attached hydrogens (tertiary/aromatic N) is 2. The van der Waals surface area contributed by atoms with Crippen LogP contribution in [0, 0.1) is 0 Å². The number of methoxy groups -OCH3 is 1. The molecule has 5 heteroatoms. The molecular formula is C15H20N2O3. The van der Waals surface area contributed by atoms with Gasteiger partial charge in [0.2, 0.25) is 0 Å². The lowest BCUT2D eigenvalue weighted by Crippen LogP contribution is -2.15. The Labute approximate surface area is 118 Å². The van der Waals surface area contributed by atoms with Crippen molar-refractivity contribution in [3.8, 4) is 0 Å². The van der Waals surface area contributed by atoms with Crippen molar-refractivity contribution in [1.82, 2.24) is 9.55 Å². The van der Waals surface area contributed by atoms with Crippen molar-refractivity contribution in [1.29, 1.82) is 0 Å². The third-order valence-electron chi connectivity index (χ3n) is 3.34. The molecule has 0 saturated heterocycles. The number of fused-ring (bicyclic) bond motifs is 1. The summed E-state index contributed by atoms with van der Waals surface area (Å²) < 4.78 is 7.22. The van der Waals surface area contributed by atoms with Crippen molar-refractivity contribution in [2.45, 2.75) is 32.7 Å². The van der Waals surface area contributed by atoms with E-state index >= 15 is 0 Å². The van der Waals surface area contributed by atoms with Crippen molar-refractivity contribution >= 4 is 17.0 Å². The predicted octanol–water partition coefficient (Wildman–Crippen LogP) is 2.89. The van der Waals surface area contributed by atoms with Gasteiger partial charge in [-0.3, -0.25) is 0 Å². The molecule has 0 radical (unpaired) electrons. The predicted molar refractivity (Wildman–Crippen MR) is 77.3 cm³/mol. The van der Waals surface area contributed by atoms with E-state index in [0.29, 0.717) is 17.7 Å². The minimum absolute atomic E-state index is 0.0482. The van der Waals surface area contributed by atoms with Gasteiger partial charge < -0.3 is 14.4 Å². The summed E-state index contributed by atoms with van der Waals surface area (Å²) in [5.41, 5.74) is 1.71. The topological polar surface area (TPSA) is 64.3 Å². The molecule has 0 aliphatic rings. The van der Waals surface area contributed by atoms with E-state index < -0.39 is 5.97 Å². The van der Waals surface area contributed by atoms with Gasteiger partial charge in [0.1, 0.15) is 5.82 Å². The molecule has 2 rings (SSSR count). The zero-order chi connectivity index (χ0) is 14.7. The zero-order valence-electron chi connectivity index (χ0n) is 12.1. The molecule has 1 aromatic heterocycles. The molecule has 0 bridgehead atoms. The Kier molecular flexibility index (Phi) is 4.39. The number of carbonyl (C=O) groups is 1. The summed E-state index contributed by atoms with van der Waals surface area (Å²) in [7, 11) is 1.65. The van der Waals surface area contributed by atoms with E-state index in [-0.39, 0.29) is 6.04 Å². The van der Waals surface area contributed by atoms with Crippen molar-refractivity contribution < 1.29 is 14.6 Å². The molecule has 0 amide bonds. The maximum atomic E-state index is 11.4. The number of carboxylic acids is 1. The van der Waals surface area contributed by atoms with Crippen LogP contribution in [-0.4, -0.2) is 34.3 Å². The average molecular weight is 276 g/mol. The quantitative estimate of drug-likeness (QED) is 0.881. The minimum atomic E-state index is -0.926. The highest BCUT2D eigenvalue weighted by atomic mass is 16.5. The van der Waals surface area contributed by atoms with E-state index in [1.54, 1.807) is 19.2 Å². The molecule has 5 nitrogen and oxygen atoms in total. The molecule has 2 aromatic rings. The summed E-state index contributed by atoms with van der Waals surface area (Å²) in [5.74, 6) is -0.00911. The van der Waals surface area contributed by atoms with E-state index in [1.807, 2.05) is 17.6 Å². The largest absolute Gasteiger partial charge is 0.478 e. The second-order valence-electron chi connectivity index (χ2n) is 4.93. The number of ether oxygens (including phenoxy) is 1. The van der Waals surface area contributed by atoms with Crippen LogP contribution in [0.3, 0.4) is 0 Å². The first-order valence-corrected chi connectivity index (χ1v) is 6.82. The third-order valence-corrected chi connectivity index (χ3v) is 3.34. The number of aromatic carboxylic acids is 1. The summed E-state index contributed by atoms with van der Waals surface area (Å²) >= 11 is 0. The number of rotatable bonds is 6. The lowest BCUT2D eigenvalue weighted by atomic mass is 10.1. The lowest BCUT2D eigenvalue weighted by molar-refractivity contribution is 0.0698. The van der Waals surface area contributed by atoms with Crippen LogP contribution in [0.4, 0.5) is 0 Å². The third kappa shape index (κ3) is 2.54.